The first-order valence-electron chi connectivity index (χ1n) is 9.48. The number of hydrazine groups is 1. The number of nitrogens with one attached hydrogen (secondary N) is 2. The van der Waals surface area contributed by atoms with Crippen molar-refractivity contribution in [3.63, 3.8) is 0 Å². The predicted octanol–water partition coefficient (Wildman–Crippen LogP) is 3.63. The Balaban J connectivity index is 1.53. The monoisotopic (exact) mass is 391 g/mol. The lowest BCUT2D eigenvalue weighted by atomic mass is 10.2. The second kappa shape index (κ2) is 9.10. The molecule has 0 atom stereocenters. The van der Waals surface area contributed by atoms with Crippen molar-refractivity contribution in [3.05, 3.63) is 83.2 Å². The van der Waals surface area contributed by atoms with E-state index in [-0.39, 0.29) is 24.8 Å². The molecule has 0 bridgehead atoms. The summed E-state index contributed by atoms with van der Waals surface area (Å²) >= 11 is 0. The topological polar surface area (TPSA) is 72.4 Å². The van der Waals surface area contributed by atoms with Crippen molar-refractivity contribution in [1.82, 2.24) is 15.4 Å². The first kappa shape index (κ1) is 20.2. The molecule has 2 aromatic carbocycles. The molecule has 6 heteroatoms. The molecule has 3 rings (SSSR count). The molecular formula is C23H25N3O3. The van der Waals surface area contributed by atoms with Gasteiger partial charge in [0.15, 0.2) is 0 Å². The van der Waals surface area contributed by atoms with Gasteiger partial charge in [0.25, 0.3) is 5.91 Å². The molecule has 2 N–H and O–H groups in total. The Morgan fingerprint density at radius 3 is 2.31 bits per heavy atom. The molecule has 0 radical (unpaired) electrons. The molecule has 0 aliphatic carbocycles. The van der Waals surface area contributed by atoms with Gasteiger partial charge in [-0.1, -0.05) is 35.9 Å². The molecule has 0 unspecified atom stereocenters. The summed E-state index contributed by atoms with van der Waals surface area (Å²) in [5.41, 5.74) is 9.32. The highest BCUT2D eigenvalue weighted by Gasteiger charge is 2.17. The second-order valence-electron chi connectivity index (χ2n) is 6.87. The fourth-order valence-electron chi connectivity index (χ4n) is 3.12. The van der Waals surface area contributed by atoms with Crippen LogP contribution in [0.25, 0.3) is 5.69 Å². The number of hydrogen-bond acceptors (Lipinski definition) is 3. The summed E-state index contributed by atoms with van der Waals surface area (Å²) in [6.45, 7) is 6.05. The van der Waals surface area contributed by atoms with E-state index >= 15 is 0 Å². The molecule has 0 spiro atoms. The number of hydrogen-bond donors (Lipinski definition) is 2. The van der Waals surface area contributed by atoms with Gasteiger partial charge in [-0.15, -0.1) is 0 Å². The third kappa shape index (κ3) is 5.04. The smallest absolute Gasteiger partial charge is 0.271 e. The van der Waals surface area contributed by atoms with Gasteiger partial charge < -0.3 is 9.30 Å². The molecule has 1 aromatic heterocycles. The zero-order valence-electron chi connectivity index (χ0n) is 16.9. The maximum atomic E-state index is 12.5. The van der Waals surface area contributed by atoms with Gasteiger partial charge in [-0.05, 0) is 51.1 Å². The van der Waals surface area contributed by atoms with Crippen molar-refractivity contribution < 1.29 is 14.3 Å². The van der Waals surface area contributed by atoms with Crippen molar-refractivity contribution in [2.24, 2.45) is 0 Å². The van der Waals surface area contributed by atoms with E-state index < -0.39 is 0 Å². The highest BCUT2D eigenvalue weighted by Crippen LogP contribution is 2.20. The maximum absolute atomic E-state index is 12.5. The fourth-order valence-corrected chi connectivity index (χ4v) is 3.12. The number of carbonyl (C=O) groups excluding carboxylic acids is 2. The van der Waals surface area contributed by atoms with Crippen LogP contribution in [0.4, 0.5) is 0 Å². The Bertz CT molecular complexity index is 992. The van der Waals surface area contributed by atoms with Gasteiger partial charge in [0.05, 0.1) is 18.6 Å². The summed E-state index contributed by atoms with van der Waals surface area (Å²) in [6, 6.07) is 19.2. The third-order valence-corrected chi connectivity index (χ3v) is 4.62. The zero-order valence-corrected chi connectivity index (χ0v) is 16.9. The van der Waals surface area contributed by atoms with Crippen LogP contribution < -0.4 is 15.6 Å². The average molecular weight is 391 g/mol. The summed E-state index contributed by atoms with van der Waals surface area (Å²) in [4.78, 5) is 24.5. The molecular weight excluding hydrogens is 366 g/mol. The van der Waals surface area contributed by atoms with Gasteiger partial charge in [-0.2, -0.15) is 0 Å². The van der Waals surface area contributed by atoms with Crippen molar-refractivity contribution in [2.45, 2.75) is 27.2 Å². The summed E-state index contributed by atoms with van der Waals surface area (Å²) in [7, 11) is 0. The van der Waals surface area contributed by atoms with E-state index in [0.717, 1.165) is 22.6 Å². The molecule has 3 aromatic rings. The predicted molar refractivity (Wildman–Crippen MR) is 112 cm³/mol. The summed E-state index contributed by atoms with van der Waals surface area (Å²) in [5, 5.41) is 0. The molecule has 0 fully saturated rings. The van der Waals surface area contributed by atoms with E-state index in [1.165, 1.54) is 0 Å². The lowest BCUT2D eigenvalue weighted by Crippen LogP contribution is -2.42. The first-order chi connectivity index (χ1) is 14.0. The SMILES string of the molecule is Cc1ccc(OCCC(=O)NNC(=O)c2cc(C)n(-c3ccccc3)c2C)cc1. The van der Waals surface area contributed by atoms with Crippen LogP contribution in [0.1, 0.15) is 33.7 Å². The van der Waals surface area contributed by atoms with Crippen LogP contribution in [0.2, 0.25) is 0 Å². The largest absolute Gasteiger partial charge is 0.493 e. The van der Waals surface area contributed by atoms with Crippen LogP contribution in [0.15, 0.2) is 60.7 Å². The molecule has 1 heterocycles. The number of carbonyl (C=O) groups is 2. The Kier molecular flexibility index (Phi) is 6.34. The van der Waals surface area contributed by atoms with Crippen LogP contribution in [0.5, 0.6) is 5.75 Å². The summed E-state index contributed by atoms with van der Waals surface area (Å²) in [5.74, 6) is 0.0381. The molecule has 150 valence electrons. The molecule has 6 nitrogen and oxygen atoms in total. The number of para-hydroxylation sites is 1. The standard InChI is InChI=1S/C23H25N3O3/c1-16-9-11-20(12-10-16)29-14-13-22(27)24-25-23(28)21-15-17(2)26(18(21)3)19-7-5-4-6-8-19/h4-12,15H,13-14H2,1-3H3,(H,24,27)(H,25,28). The number of benzene rings is 2. The first-order valence-corrected chi connectivity index (χ1v) is 9.48. The van der Waals surface area contributed by atoms with Crippen molar-refractivity contribution in [1.29, 1.82) is 0 Å². The minimum atomic E-state index is -0.354. The number of aryl methyl sites for hydroxylation is 2. The molecule has 29 heavy (non-hydrogen) atoms. The number of nitrogens with zero attached hydrogens (tertiary/aromatic N) is 1. The van der Waals surface area contributed by atoms with Gasteiger partial charge >= 0.3 is 0 Å². The minimum Gasteiger partial charge on any atom is -0.493 e. The number of amides is 2. The van der Waals surface area contributed by atoms with Crippen molar-refractivity contribution in [3.8, 4) is 11.4 Å². The minimum absolute atomic E-state index is 0.136. The van der Waals surface area contributed by atoms with E-state index in [9.17, 15) is 9.59 Å². The van der Waals surface area contributed by atoms with Crippen LogP contribution in [0.3, 0.4) is 0 Å². The number of ether oxygens (including phenoxy) is 1. The molecule has 0 saturated carbocycles. The highest BCUT2D eigenvalue weighted by molar-refractivity contribution is 5.97. The van der Waals surface area contributed by atoms with Crippen molar-refractivity contribution >= 4 is 11.8 Å². The van der Waals surface area contributed by atoms with Gasteiger partial charge in [-0.25, -0.2) is 0 Å². The van der Waals surface area contributed by atoms with E-state index in [1.807, 2.05) is 86.0 Å². The summed E-state index contributed by atoms with van der Waals surface area (Å²) in [6.07, 6.45) is 0.136. The quantitative estimate of drug-likeness (QED) is 0.630. The van der Waals surface area contributed by atoms with E-state index in [1.54, 1.807) is 0 Å². The van der Waals surface area contributed by atoms with Crippen LogP contribution in [-0.4, -0.2) is 23.0 Å². The fraction of sp³-hybridized carbons (Fsp3) is 0.217. The Hall–Kier alpha value is -3.54. The van der Waals surface area contributed by atoms with Gasteiger partial charge in [0.2, 0.25) is 5.91 Å². The number of aromatic nitrogens is 1. The van der Waals surface area contributed by atoms with E-state index in [0.29, 0.717) is 11.3 Å². The normalized spacial score (nSPS) is 10.4. The summed E-state index contributed by atoms with van der Waals surface area (Å²) < 4.78 is 7.54. The van der Waals surface area contributed by atoms with E-state index in [4.69, 9.17) is 4.74 Å². The average Bonchev–Trinajstić information content (AvgIpc) is 3.02. The van der Waals surface area contributed by atoms with Crippen molar-refractivity contribution in [2.75, 3.05) is 6.61 Å². The Morgan fingerprint density at radius 1 is 0.931 bits per heavy atom. The number of rotatable bonds is 6. The van der Waals surface area contributed by atoms with E-state index in [2.05, 4.69) is 10.9 Å². The molecule has 2 amide bonds. The highest BCUT2D eigenvalue weighted by atomic mass is 16.5. The third-order valence-electron chi connectivity index (χ3n) is 4.62. The van der Waals surface area contributed by atoms with Crippen LogP contribution in [-0.2, 0) is 4.79 Å². The Labute approximate surface area is 170 Å². The lowest BCUT2D eigenvalue weighted by molar-refractivity contribution is -0.122. The van der Waals surface area contributed by atoms with Gasteiger partial charge in [0, 0.05) is 17.1 Å². The second-order valence-corrected chi connectivity index (χ2v) is 6.87. The molecule has 0 saturated heterocycles. The maximum Gasteiger partial charge on any atom is 0.271 e. The zero-order chi connectivity index (χ0) is 20.8. The Morgan fingerprint density at radius 2 is 1.62 bits per heavy atom. The van der Waals surface area contributed by atoms with Crippen LogP contribution >= 0.6 is 0 Å². The van der Waals surface area contributed by atoms with Crippen LogP contribution in [0, 0.1) is 20.8 Å². The van der Waals surface area contributed by atoms with Gasteiger partial charge in [-0.3, -0.25) is 20.4 Å². The lowest BCUT2D eigenvalue weighted by Gasteiger charge is -2.10. The molecule has 0 aliphatic heterocycles. The molecule has 0 aliphatic rings. The van der Waals surface area contributed by atoms with Gasteiger partial charge in [0.1, 0.15) is 5.75 Å².